The van der Waals surface area contributed by atoms with Gasteiger partial charge in [0.25, 0.3) is 5.91 Å². The first-order valence-electron chi connectivity index (χ1n) is 8.35. The molecule has 136 valence electrons. The lowest BCUT2D eigenvalue weighted by Crippen LogP contribution is -2.47. The fraction of sp³-hybridized carbons (Fsp3) is 0.647. The van der Waals surface area contributed by atoms with Gasteiger partial charge in [-0.05, 0) is 44.4 Å². The number of hydrogen-bond donors (Lipinski definition) is 1. The molecule has 0 aliphatic carbocycles. The highest BCUT2D eigenvalue weighted by Gasteiger charge is 2.25. The van der Waals surface area contributed by atoms with Crippen molar-refractivity contribution in [1.82, 2.24) is 15.2 Å². The van der Waals surface area contributed by atoms with Crippen molar-refractivity contribution in [2.24, 2.45) is 5.92 Å². The van der Waals surface area contributed by atoms with Gasteiger partial charge in [0.15, 0.2) is 0 Å². The summed E-state index contributed by atoms with van der Waals surface area (Å²) in [6.45, 7) is 6.00. The number of halogens is 2. The van der Waals surface area contributed by atoms with Gasteiger partial charge in [-0.3, -0.25) is 4.79 Å². The number of carbonyl (C=O) groups excluding carboxylic acids is 1. The fourth-order valence-corrected chi connectivity index (χ4v) is 3.45. The SMILES string of the molecule is CNC1CCCN(C(=O)c2ccnc(N3CCC(C)C3)c2)C1.Cl.Cl. The number of carbonyl (C=O) groups is 1. The van der Waals surface area contributed by atoms with E-state index in [0.29, 0.717) is 12.0 Å². The van der Waals surface area contributed by atoms with Gasteiger partial charge in [-0.15, -0.1) is 24.8 Å². The highest BCUT2D eigenvalue weighted by Crippen LogP contribution is 2.23. The van der Waals surface area contributed by atoms with Crippen LogP contribution in [0.25, 0.3) is 0 Å². The smallest absolute Gasteiger partial charge is 0.254 e. The van der Waals surface area contributed by atoms with Crippen LogP contribution < -0.4 is 10.2 Å². The van der Waals surface area contributed by atoms with E-state index in [4.69, 9.17) is 0 Å². The van der Waals surface area contributed by atoms with Crippen LogP contribution in [0.3, 0.4) is 0 Å². The summed E-state index contributed by atoms with van der Waals surface area (Å²) in [6.07, 6.45) is 5.19. The third-order valence-electron chi connectivity index (χ3n) is 4.86. The van der Waals surface area contributed by atoms with Gasteiger partial charge in [0.05, 0.1) is 0 Å². The Balaban J connectivity index is 0.00000144. The third kappa shape index (κ3) is 4.74. The molecule has 0 aromatic carbocycles. The molecular formula is C17H28Cl2N4O. The quantitative estimate of drug-likeness (QED) is 0.882. The van der Waals surface area contributed by atoms with Crippen molar-refractivity contribution < 1.29 is 4.79 Å². The summed E-state index contributed by atoms with van der Waals surface area (Å²) in [5, 5.41) is 3.29. The number of nitrogens with one attached hydrogen (secondary N) is 1. The molecule has 3 heterocycles. The number of rotatable bonds is 3. The van der Waals surface area contributed by atoms with Gasteiger partial charge in [-0.25, -0.2) is 4.98 Å². The largest absolute Gasteiger partial charge is 0.356 e. The van der Waals surface area contributed by atoms with E-state index < -0.39 is 0 Å². The molecule has 0 saturated carbocycles. The van der Waals surface area contributed by atoms with Crippen LogP contribution in [0, 0.1) is 5.92 Å². The summed E-state index contributed by atoms with van der Waals surface area (Å²) < 4.78 is 0. The van der Waals surface area contributed by atoms with Crippen LogP contribution in [-0.4, -0.2) is 55.1 Å². The van der Waals surface area contributed by atoms with E-state index in [9.17, 15) is 4.79 Å². The molecule has 2 atom stereocenters. The Kier molecular flexibility index (Phi) is 8.27. The molecule has 1 aromatic heterocycles. The van der Waals surface area contributed by atoms with E-state index >= 15 is 0 Å². The summed E-state index contributed by atoms with van der Waals surface area (Å²) in [7, 11) is 1.97. The van der Waals surface area contributed by atoms with Gasteiger partial charge < -0.3 is 15.1 Å². The minimum absolute atomic E-state index is 0. The lowest BCUT2D eigenvalue weighted by molar-refractivity contribution is 0.0698. The predicted molar refractivity (Wildman–Crippen MR) is 103 cm³/mol. The highest BCUT2D eigenvalue weighted by atomic mass is 35.5. The fourth-order valence-electron chi connectivity index (χ4n) is 3.45. The Morgan fingerprint density at radius 2 is 2.04 bits per heavy atom. The maximum atomic E-state index is 12.7. The zero-order valence-corrected chi connectivity index (χ0v) is 16.0. The van der Waals surface area contributed by atoms with E-state index in [1.54, 1.807) is 6.20 Å². The van der Waals surface area contributed by atoms with Crippen LogP contribution in [0.15, 0.2) is 18.3 Å². The van der Waals surface area contributed by atoms with Gasteiger partial charge in [-0.2, -0.15) is 0 Å². The first-order valence-corrected chi connectivity index (χ1v) is 8.35. The molecule has 1 amide bonds. The number of nitrogens with zero attached hydrogens (tertiary/aromatic N) is 3. The second-order valence-corrected chi connectivity index (χ2v) is 6.62. The number of pyridine rings is 1. The number of amides is 1. The van der Waals surface area contributed by atoms with Gasteiger partial charge in [0.2, 0.25) is 0 Å². The maximum absolute atomic E-state index is 12.7. The molecule has 0 radical (unpaired) electrons. The van der Waals surface area contributed by atoms with Crippen LogP contribution in [0.2, 0.25) is 0 Å². The molecular weight excluding hydrogens is 347 g/mol. The Hall–Kier alpha value is -1.04. The molecule has 1 N–H and O–H groups in total. The minimum atomic E-state index is 0. The van der Waals surface area contributed by atoms with E-state index in [1.165, 1.54) is 6.42 Å². The molecule has 2 aliphatic heterocycles. The average molecular weight is 375 g/mol. The molecule has 2 saturated heterocycles. The number of piperidine rings is 1. The van der Waals surface area contributed by atoms with Crippen molar-refractivity contribution in [2.45, 2.75) is 32.2 Å². The second kappa shape index (κ2) is 9.44. The monoisotopic (exact) mass is 374 g/mol. The van der Waals surface area contributed by atoms with Crippen molar-refractivity contribution in [3.05, 3.63) is 23.9 Å². The molecule has 7 heteroatoms. The first kappa shape index (κ1) is 21.0. The lowest BCUT2D eigenvalue weighted by Gasteiger charge is -2.32. The van der Waals surface area contributed by atoms with Crippen LogP contribution in [-0.2, 0) is 0 Å². The first-order chi connectivity index (χ1) is 10.7. The highest BCUT2D eigenvalue weighted by molar-refractivity contribution is 5.95. The molecule has 0 spiro atoms. The Morgan fingerprint density at radius 1 is 1.25 bits per heavy atom. The van der Waals surface area contributed by atoms with Crippen LogP contribution in [0.4, 0.5) is 5.82 Å². The number of likely N-dealkylation sites (tertiary alicyclic amines) is 1. The summed E-state index contributed by atoms with van der Waals surface area (Å²) in [5.74, 6) is 1.79. The Morgan fingerprint density at radius 3 is 2.71 bits per heavy atom. The third-order valence-corrected chi connectivity index (χ3v) is 4.86. The van der Waals surface area contributed by atoms with Crippen molar-refractivity contribution in [3.8, 4) is 0 Å². The van der Waals surface area contributed by atoms with E-state index in [1.807, 2.05) is 24.1 Å². The van der Waals surface area contributed by atoms with Crippen molar-refractivity contribution >= 4 is 36.5 Å². The van der Waals surface area contributed by atoms with Crippen molar-refractivity contribution in [2.75, 3.05) is 38.1 Å². The molecule has 2 fully saturated rings. The summed E-state index contributed by atoms with van der Waals surface area (Å²) in [4.78, 5) is 21.5. The number of aromatic nitrogens is 1. The molecule has 1 aromatic rings. The zero-order chi connectivity index (χ0) is 15.5. The molecule has 0 bridgehead atoms. The molecule has 24 heavy (non-hydrogen) atoms. The average Bonchev–Trinajstić information content (AvgIpc) is 3.01. The van der Waals surface area contributed by atoms with E-state index in [0.717, 1.165) is 50.4 Å². The normalized spacial score (nSPS) is 23.4. The topological polar surface area (TPSA) is 48.5 Å². The van der Waals surface area contributed by atoms with Gasteiger partial charge >= 0.3 is 0 Å². The summed E-state index contributed by atoms with van der Waals surface area (Å²) >= 11 is 0. The minimum Gasteiger partial charge on any atom is -0.356 e. The Labute approximate surface area is 157 Å². The van der Waals surface area contributed by atoms with Crippen molar-refractivity contribution in [1.29, 1.82) is 0 Å². The number of likely N-dealkylation sites (N-methyl/N-ethyl adjacent to an activating group) is 1. The summed E-state index contributed by atoms with van der Waals surface area (Å²) in [5.41, 5.74) is 0.765. The standard InChI is InChI=1S/C17H26N4O.2ClH/c1-13-6-9-20(11-13)16-10-14(5-7-19-16)17(22)21-8-3-4-15(12-21)18-2;;/h5,7,10,13,15,18H,3-4,6,8-9,11-12H2,1-2H3;2*1H. The molecule has 2 unspecified atom stereocenters. The van der Waals surface area contributed by atoms with Gasteiger partial charge in [0, 0.05) is 44.0 Å². The van der Waals surface area contributed by atoms with E-state index in [2.05, 4.69) is 22.1 Å². The second-order valence-electron chi connectivity index (χ2n) is 6.62. The maximum Gasteiger partial charge on any atom is 0.254 e. The van der Waals surface area contributed by atoms with Crippen LogP contribution in [0.5, 0.6) is 0 Å². The van der Waals surface area contributed by atoms with E-state index in [-0.39, 0.29) is 30.7 Å². The summed E-state index contributed by atoms with van der Waals surface area (Å²) in [6, 6.07) is 4.22. The van der Waals surface area contributed by atoms with Crippen LogP contribution >= 0.6 is 24.8 Å². The molecule has 3 rings (SSSR count). The predicted octanol–water partition coefficient (Wildman–Crippen LogP) is 2.60. The number of hydrogen-bond acceptors (Lipinski definition) is 4. The van der Waals surface area contributed by atoms with Crippen LogP contribution in [0.1, 0.15) is 36.5 Å². The number of anilines is 1. The van der Waals surface area contributed by atoms with Gasteiger partial charge in [0.1, 0.15) is 5.82 Å². The zero-order valence-electron chi connectivity index (χ0n) is 14.4. The lowest BCUT2D eigenvalue weighted by atomic mass is 10.0. The van der Waals surface area contributed by atoms with Gasteiger partial charge in [-0.1, -0.05) is 6.92 Å². The Bertz CT molecular complexity index is 543. The van der Waals surface area contributed by atoms with Crippen molar-refractivity contribution in [3.63, 3.8) is 0 Å². The molecule has 5 nitrogen and oxygen atoms in total. The molecule has 2 aliphatic rings.